The summed E-state index contributed by atoms with van der Waals surface area (Å²) in [5, 5.41) is 5.62. The smallest absolute Gasteiger partial charge is 0.274 e. The predicted molar refractivity (Wildman–Crippen MR) is 86.4 cm³/mol. The minimum atomic E-state index is -2.73. The van der Waals surface area contributed by atoms with Crippen LogP contribution >= 0.6 is 0 Å². The van der Waals surface area contributed by atoms with Gasteiger partial charge in [0.2, 0.25) is 10.9 Å². The third-order valence-corrected chi connectivity index (χ3v) is 3.75. The molecule has 0 atom stereocenters. The molecule has 6 nitrogen and oxygen atoms in total. The van der Waals surface area contributed by atoms with E-state index in [-0.39, 0.29) is 5.56 Å². The zero-order valence-electron chi connectivity index (χ0n) is 11.7. The number of fused-ring (bicyclic) bond motifs is 1. The molecular weight excluding hydrogens is 302 g/mol. The van der Waals surface area contributed by atoms with Crippen molar-refractivity contribution in [3.05, 3.63) is 58.9 Å². The van der Waals surface area contributed by atoms with Crippen molar-refractivity contribution in [2.45, 2.75) is 0 Å². The molecule has 0 spiro atoms. The first-order chi connectivity index (χ1) is 10.6. The topological polar surface area (TPSA) is 81.1 Å². The normalized spacial score (nSPS) is 11.0. The van der Waals surface area contributed by atoms with Gasteiger partial charge in [-0.3, -0.25) is 9.52 Å². The number of hydrogen-bond acceptors (Lipinski definition) is 4. The van der Waals surface area contributed by atoms with Gasteiger partial charge in [-0.25, -0.2) is 13.1 Å². The summed E-state index contributed by atoms with van der Waals surface area (Å²) in [5.41, 5.74) is 1.64. The fraction of sp³-hybridized carbons (Fsp3) is 0.0667. The molecule has 0 aliphatic carbocycles. The van der Waals surface area contributed by atoms with Gasteiger partial charge in [-0.05, 0) is 18.2 Å². The quantitative estimate of drug-likeness (QED) is 0.718. The number of thiol groups is 1. The molecule has 1 heterocycles. The Balaban J connectivity index is 2.27. The SMILES string of the molecule is Cn1nc(-c2cccc(N[SH](=O)=O)c2)c2ccccc2c1=O. The van der Waals surface area contributed by atoms with E-state index in [9.17, 15) is 13.2 Å². The zero-order valence-corrected chi connectivity index (χ0v) is 12.6. The maximum absolute atomic E-state index is 12.1. The summed E-state index contributed by atoms with van der Waals surface area (Å²) in [4.78, 5) is 12.1. The van der Waals surface area contributed by atoms with Gasteiger partial charge < -0.3 is 0 Å². The van der Waals surface area contributed by atoms with Crippen molar-refractivity contribution in [1.82, 2.24) is 9.78 Å². The predicted octanol–water partition coefficient (Wildman–Crippen LogP) is 1.54. The average Bonchev–Trinajstić information content (AvgIpc) is 2.50. The summed E-state index contributed by atoms with van der Waals surface area (Å²) >= 11 is 0. The maximum atomic E-state index is 12.1. The fourth-order valence-electron chi connectivity index (χ4n) is 2.35. The van der Waals surface area contributed by atoms with Gasteiger partial charge in [-0.1, -0.05) is 30.3 Å². The van der Waals surface area contributed by atoms with Gasteiger partial charge in [0, 0.05) is 23.7 Å². The largest absolute Gasteiger partial charge is 0.286 e. The van der Waals surface area contributed by atoms with Crippen molar-refractivity contribution in [1.29, 1.82) is 0 Å². The number of nitrogens with one attached hydrogen (secondary N) is 1. The van der Waals surface area contributed by atoms with Crippen molar-refractivity contribution in [3.8, 4) is 11.3 Å². The van der Waals surface area contributed by atoms with Crippen LogP contribution in [0.2, 0.25) is 0 Å². The first kappa shape index (κ1) is 14.3. The van der Waals surface area contributed by atoms with Crippen molar-refractivity contribution >= 4 is 27.4 Å². The first-order valence-electron chi connectivity index (χ1n) is 6.54. The number of aromatic nitrogens is 2. The molecule has 0 saturated carbocycles. The van der Waals surface area contributed by atoms with E-state index in [1.165, 1.54) is 4.68 Å². The molecule has 3 aromatic rings. The van der Waals surface area contributed by atoms with Crippen LogP contribution in [-0.2, 0) is 17.9 Å². The molecule has 0 amide bonds. The molecule has 0 saturated heterocycles. The lowest BCUT2D eigenvalue weighted by Gasteiger charge is -2.09. The van der Waals surface area contributed by atoms with E-state index in [4.69, 9.17) is 0 Å². The zero-order chi connectivity index (χ0) is 15.7. The minimum Gasteiger partial charge on any atom is -0.286 e. The van der Waals surface area contributed by atoms with E-state index in [0.29, 0.717) is 16.8 Å². The van der Waals surface area contributed by atoms with Crippen LogP contribution in [0.3, 0.4) is 0 Å². The summed E-state index contributed by atoms with van der Waals surface area (Å²) in [7, 11) is -1.14. The highest BCUT2D eigenvalue weighted by atomic mass is 32.2. The lowest BCUT2D eigenvalue weighted by molar-refractivity contribution is 0.619. The Morgan fingerprint density at radius 1 is 1.05 bits per heavy atom. The Hall–Kier alpha value is -2.67. The standard InChI is InChI=1S/C15H13N3O3S/c1-18-15(19)13-8-3-2-7-12(13)14(16-18)10-5-4-6-11(9-10)17-22(20)21/h2-9,22H,1H3,(H,17,20,21). The molecule has 112 valence electrons. The number of anilines is 1. The van der Waals surface area contributed by atoms with Crippen LogP contribution in [0.5, 0.6) is 0 Å². The molecule has 0 bridgehead atoms. The van der Waals surface area contributed by atoms with Crippen LogP contribution in [0, 0.1) is 0 Å². The maximum Gasteiger partial charge on any atom is 0.274 e. The van der Waals surface area contributed by atoms with Crippen molar-refractivity contribution < 1.29 is 8.42 Å². The average molecular weight is 315 g/mol. The van der Waals surface area contributed by atoms with E-state index in [1.807, 2.05) is 18.2 Å². The van der Waals surface area contributed by atoms with Gasteiger partial charge in [0.25, 0.3) is 5.56 Å². The molecule has 3 rings (SSSR count). The number of aryl methyl sites for hydroxylation is 1. The van der Waals surface area contributed by atoms with Crippen molar-refractivity contribution in [2.75, 3.05) is 4.72 Å². The number of rotatable bonds is 3. The third kappa shape index (κ3) is 2.58. The van der Waals surface area contributed by atoms with E-state index < -0.39 is 10.9 Å². The monoisotopic (exact) mass is 315 g/mol. The lowest BCUT2D eigenvalue weighted by atomic mass is 10.0. The van der Waals surface area contributed by atoms with Crippen LogP contribution in [0.15, 0.2) is 53.3 Å². The van der Waals surface area contributed by atoms with Gasteiger partial charge in [0.1, 0.15) is 0 Å². The summed E-state index contributed by atoms with van der Waals surface area (Å²) in [6, 6.07) is 14.1. The van der Waals surface area contributed by atoms with Crippen LogP contribution in [0.25, 0.3) is 22.0 Å². The lowest BCUT2D eigenvalue weighted by Crippen LogP contribution is -2.20. The number of nitrogens with zero attached hydrogens (tertiary/aromatic N) is 2. The molecule has 1 aromatic heterocycles. The molecule has 0 aliphatic rings. The van der Waals surface area contributed by atoms with Gasteiger partial charge in [0.15, 0.2) is 0 Å². The molecule has 2 aromatic carbocycles. The van der Waals surface area contributed by atoms with Crippen LogP contribution in [-0.4, -0.2) is 18.2 Å². The molecular formula is C15H13N3O3S. The van der Waals surface area contributed by atoms with Crippen LogP contribution < -0.4 is 10.3 Å². The Morgan fingerprint density at radius 2 is 1.77 bits per heavy atom. The van der Waals surface area contributed by atoms with Crippen molar-refractivity contribution in [3.63, 3.8) is 0 Å². The van der Waals surface area contributed by atoms with E-state index in [1.54, 1.807) is 37.4 Å². The highest BCUT2D eigenvalue weighted by molar-refractivity contribution is 7.73. The highest BCUT2D eigenvalue weighted by Crippen LogP contribution is 2.26. The molecule has 0 aliphatic heterocycles. The molecule has 22 heavy (non-hydrogen) atoms. The molecule has 0 radical (unpaired) electrons. The Bertz CT molecular complexity index is 985. The number of benzene rings is 2. The van der Waals surface area contributed by atoms with Crippen LogP contribution in [0.4, 0.5) is 5.69 Å². The second-order valence-corrected chi connectivity index (χ2v) is 5.51. The fourth-order valence-corrected chi connectivity index (χ4v) is 2.70. The highest BCUT2D eigenvalue weighted by Gasteiger charge is 2.10. The second-order valence-electron chi connectivity index (χ2n) is 4.77. The van der Waals surface area contributed by atoms with Gasteiger partial charge >= 0.3 is 0 Å². The van der Waals surface area contributed by atoms with E-state index in [2.05, 4.69) is 9.82 Å². The van der Waals surface area contributed by atoms with Gasteiger partial charge in [0.05, 0.1) is 11.1 Å². The molecule has 0 unspecified atom stereocenters. The summed E-state index contributed by atoms with van der Waals surface area (Å²) in [6.45, 7) is 0. The van der Waals surface area contributed by atoms with Gasteiger partial charge in [-0.2, -0.15) is 5.10 Å². The summed E-state index contributed by atoms with van der Waals surface area (Å²) in [5.74, 6) is 0. The molecule has 1 N–H and O–H groups in total. The Kier molecular flexibility index (Phi) is 3.64. The van der Waals surface area contributed by atoms with Crippen molar-refractivity contribution in [2.24, 2.45) is 7.05 Å². The first-order valence-corrected chi connectivity index (χ1v) is 7.71. The van der Waals surface area contributed by atoms with E-state index >= 15 is 0 Å². The Labute approximate surface area is 128 Å². The molecule has 0 fully saturated rings. The minimum absolute atomic E-state index is 0.170. The molecule has 7 heteroatoms. The summed E-state index contributed by atoms with van der Waals surface area (Å²) in [6.07, 6.45) is 0. The van der Waals surface area contributed by atoms with Crippen LogP contribution in [0.1, 0.15) is 0 Å². The van der Waals surface area contributed by atoms with E-state index in [0.717, 1.165) is 10.9 Å². The third-order valence-electron chi connectivity index (χ3n) is 3.31. The van der Waals surface area contributed by atoms with Gasteiger partial charge in [-0.15, -0.1) is 0 Å². The second kappa shape index (κ2) is 5.61. The number of hydrogen-bond donors (Lipinski definition) is 2. The summed E-state index contributed by atoms with van der Waals surface area (Å²) < 4.78 is 25.2. The Morgan fingerprint density at radius 3 is 2.50 bits per heavy atom.